The molecule has 0 heterocycles. The van der Waals surface area contributed by atoms with Crippen LogP contribution in [0, 0.1) is 12.7 Å². The Morgan fingerprint density at radius 1 is 1.21 bits per heavy atom. The van der Waals surface area contributed by atoms with Gasteiger partial charge in [-0.15, -0.1) is 11.8 Å². The lowest BCUT2D eigenvalue weighted by atomic mass is 10.1. The maximum Gasteiger partial charge on any atom is 0.176 e. The Hall–Kier alpha value is -1.32. The van der Waals surface area contributed by atoms with E-state index in [1.54, 1.807) is 0 Å². The predicted molar refractivity (Wildman–Crippen MR) is 77.6 cm³/mol. The molecule has 0 N–H and O–H groups in total. The van der Waals surface area contributed by atoms with Gasteiger partial charge >= 0.3 is 0 Å². The van der Waals surface area contributed by atoms with Gasteiger partial charge in [0.2, 0.25) is 0 Å². The van der Waals surface area contributed by atoms with Gasteiger partial charge in [0.25, 0.3) is 0 Å². The zero-order valence-electron chi connectivity index (χ0n) is 10.3. The molecule has 0 saturated carbocycles. The highest BCUT2D eigenvalue weighted by atomic mass is 35.5. The molecule has 0 unspecified atom stereocenters. The number of carbonyl (C=O) groups is 1. The molecule has 0 amide bonds. The van der Waals surface area contributed by atoms with Crippen LogP contribution in [0.2, 0.25) is 5.02 Å². The van der Waals surface area contributed by atoms with Gasteiger partial charge in [0.05, 0.1) is 11.3 Å². The molecule has 0 bridgehead atoms. The van der Waals surface area contributed by atoms with Crippen LogP contribution in [0.5, 0.6) is 0 Å². The Morgan fingerprint density at radius 3 is 2.53 bits per heavy atom. The summed E-state index contributed by atoms with van der Waals surface area (Å²) in [5.74, 6) is -0.594. The number of benzene rings is 2. The fraction of sp³-hybridized carbons (Fsp3) is 0.133. The summed E-state index contributed by atoms with van der Waals surface area (Å²) in [6, 6.07) is 12.0. The number of rotatable bonds is 4. The molecule has 2 aromatic carbocycles. The van der Waals surface area contributed by atoms with Crippen LogP contribution < -0.4 is 0 Å². The van der Waals surface area contributed by atoms with Gasteiger partial charge < -0.3 is 0 Å². The molecule has 0 fully saturated rings. The number of ketones is 1. The number of hydrogen-bond donors (Lipinski definition) is 0. The zero-order valence-corrected chi connectivity index (χ0v) is 11.9. The van der Waals surface area contributed by atoms with E-state index >= 15 is 0 Å². The van der Waals surface area contributed by atoms with Crippen molar-refractivity contribution in [3.8, 4) is 0 Å². The number of hydrogen-bond acceptors (Lipinski definition) is 2. The van der Waals surface area contributed by atoms with Crippen LogP contribution >= 0.6 is 23.4 Å². The van der Waals surface area contributed by atoms with Gasteiger partial charge in [-0.3, -0.25) is 4.79 Å². The normalized spacial score (nSPS) is 10.5. The van der Waals surface area contributed by atoms with E-state index in [2.05, 4.69) is 0 Å². The van der Waals surface area contributed by atoms with E-state index in [0.717, 1.165) is 11.0 Å². The van der Waals surface area contributed by atoms with Crippen molar-refractivity contribution in [1.29, 1.82) is 0 Å². The molecule has 0 aliphatic carbocycles. The van der Waals surface area contributed by atoms with Crippen LogP contribution in [0.15, 0.2) is 47.4 Å². The molecular formula is C15H12ClFOS. The van der Waals surface area contributed by atoms with Crippen molar-refractivity contribution in [2.75, 3.05) is 5.75 Å². The molecule has 2 aromatic rings. The van der Waals surface area contributed by atoms with Crippen LogP contribution in [0.4, 0.5) is 4.39 Å². The molecule has 0 saturated heterocycles. The minimum absolute atomic E-state index is 0.0870. The highest BCUT2D eigenvalue weighted by Crippen LogP contribution is 2.21. The Balaban J connectivity index is 2.03. The molecule has 0 radical (unpaired) electrons. The van der Waals surface area contributed by atoms with Gasteiger partial charge in [0.15, 0.2) is 5.78 Å². The summed E-state index contributed by atoms with van der Waals surface area (Å²) in [5, 5.41) is 0.292. The van der Waals surface area contributed by atoms with Crippen LogP contribution in [0.25, 0.3) is 0 Å². The second-order valence-electron chi connectivity index (χ2n) is 4.15. The monoisotopic (exact) mass is 294 g/mol. The fourth-order valence-corrected chi connectivity index (χ4v) is 2.52. The van der Waals surface area contributed by atoms with E-state index in [-0.39, 0.29) is 17.1 Å². The summed E-state index contributed by atoms with van der Waals surface area (Å²) in [6.07, 6.45) is 0. The first-order valence-electron chi connectivity index (χ1n) is 5.74. The van der Waals surface area contributed by atoms with Crippen molar-refractivity contribution < 1.29 is 9.18 Å². The van der Waals surface area contributed by atoms with Gasteiger partial charge in [-0.25, -0.2) is 4.39 Å². The van der Waals surface area contributed by atoms with E-state index in [1.165, 1.54) is 29.5 Å². The summed E-state index contributed by atoms with van der Waals surface area (Å²) < 4.78 is 13.6. The average Bonchev–Trinajstić information content (AvgIpc) is 2.37. The van der Waals surface area contributed by atoms with Crippen molar-refractivity contribution in [3.63, 3.8) is 0 Å². The number of aryl methyl sites for hydroxylation is 1. The molecule has 0 aliphatic rings. The average molecular weight is 295 g/mol. The SMILES string of the molecule is Cc1ccc(SCC(=O)c2ccc(Cl)cc2F)cc1. The molecule has 0 aromatic heterocycles. The van der Waals surface area contributed by atoms with Crippen molar-refractivity contribution in [2.24, 2.45) is 0 Å². The summed E-state index contributed by atoms with van der Waals surface area (Å²) in [4.78, 5) is 12.9. The molecule has 0 atom stereocenters. The highest BCUT2D eigenvalue weighted by Gasteiger charge is 2.12. The molecule has 2 rings (SSSR count). The van der Waals surface area contributed by atoms with Crippen molar-refractivity contribution in [2.45, 2.75) is 11.8 Å². The Bertz CT molecular complexity index is 596. The molecule has 98 valence electrons. The van der Waals surface area contributed by atoms with Crippen molar-refractivity contribution in [3.05, 3.63) is 64.4 Å². The molecule has 4 heteroatoms. The van der Waals surface area contributed by atoms with E-state index < -0.39 is 5.82 Å². The minimum atomic E-state index is -0.568. The fourth-order valence-electron chi connectivity index (χ4n) is 1.58. The van der Waals surface area contributed by atoms with E-state index in [1.807, 2.05) is 31.2 Å². The van der Waals surface area contributed by atoms with E-state index in [0.29, 0.717) is 5.02 Å². The summed E-state index contributed by atoms with van der Waals surface area (Å²) in [5.41, 5.74) is 1.25. The standard InChI is InChI=1S/C15H12ClFOS/c1-10-2-5-12(6-3-10)19-9-15(18)13-7-4-11(16)8-14(13)17/h2-8H,9H2,1H3. The van der Waals surface area contributed by atoms with Gasteiger partial charge in [-0.1, -0.05) is 29.3 Å². The third-order valence-electron chi connectivity index (χ3n) is 2.62. The van der Waals surface area contributed by atoms with E-state index in [9.17, 15) is 9.18 Å². The molecular weight excluding hydrogens is 283 g/mol. The maximum atomic E-state index is 13.6. The quantitative estimate of drug-likeness (QED) is 0.597. The van der Waals surface area contributed by atoms with Gasteiger partial charge in [0, 0.05) is 9.92 Å². The summed E-state index contributed by atoms with van der Waals surface area (Å²) >= 11 is 7.05. The zero-order chi connectivity index (χ0) is 13.8. The molecule has 1 nitrogen and oxygen atoms in total. The smallest absolute Gasteiger partial charge is 0.176 e. The number of halogens is 2. The lowest BCUT2D eigenvalue weighted by Gasteiger charge is -2.04. The van der Waals surface area contributed by atoms with Crippen LogP contribution in [-0.2, 0) is 0 Å². The Kier molecular flexibility index (Phi) is 4.61. The number of thioether (sulfide) groups is 1. The Labute approximate surface area is 120 Å². The second kappa shape index (κ2) is 6.22. The lowest BCUT2D eigenvalue weighted by Crippen LogP contribution is -2.05. The first kappa shape index (κ1) is 14.1. The minimum Gasteiger partial charge on any atom is -0.293 e. The van der Waals surface area contributed by atoms with Crippen LogP contribution in [0.1, 0.15) is 15.9 Å². The number of carbonyl (C=O) groups excluding carboxylic acids is 1. The first-order valence-corrected chi connectivity index (χ1v) is 7.10. The lowest BCUT2D eigenvalue weighted by molar-refractivity contribution is 0.101. The van der Waals surface area contributed by atoms with Gasteiger partial charge in [-0.05, 0) is 37.3 Å². The summed E-state index contributed by atoms with van der Waals surface area (Å²) in [7, 11) is 0. The molecule has 0 spiro atoms. The third kappa shape index (κ3) is 3.82. The van der Waals surface area contributed by atoms with Crippen molar-refractivity contribution >= 4 is 29.1 Å². The van der Waals surface area contributed by atoms with Gasteiger partial charge in [-0.2, -0.15) is 0 Å². The maximum absolute atomic E-state index is 13.6. The Morgan fingerprint density at radius 2 is 1.89 bits per heavy atom. The number of Topliss-reactive ketones (excluding diaryl/α,β-unsaturated/α-hetero) is 1. The summed E-state index contributed by atoms with van der Waals surface area (Å²) in [6.45, 7) is 2.00. The van der Waals surface area contributed by atoms with Gasteiger partial charge in [0.1, 0.15) is 5.82 Å². The highest BCUT2D eigenvalue weighted by molar-refractivity contribution is 8.00. The molecule has 0 aliphatic heterocycles. The first-order chi connectivity index (χ1) is 9.06. The largest absolute Gasteiger partial charge is 0.293 e. The predicted octanol–water partition coefficient (Wildman–Crippen LogP) is 4.76. The van der Waals surface area contributed by atoms with Crippen LogP contribution in [0.3, 0.4) is 0 Å². The van der Waals surface area contributed by atoms with Crippen LogP contribution in [-0.4, -0.2) is 11.5 Å². The third-order valence-corrected chi connectivity index (χ3v) is 3.87. The molecule has 19 heavy (non-hydrogen) atoms. The topological polar surface area (TPSA) is 17.1 Å². The second-order valence-corrected chi connectivity index (χ2v) is 5.63. The van der Waals surface area contributed by atoms with Crippen molar-refractivity contribution in [1.82, 2.24) is 0 Å². The van der Waals surface area contributed by atoms with E-state index in [4.69, 9.17) is 11.6 Å².